The lowest BCUT2D eigenvalue weighted by Gasteiger charge is -2.09. The molecular formula is C21H8Cl4N2O2S. The summed E-state index contributed by atoms with van der Waals surface area (Å²) < 4.78 is 0. The number of carbonyl (C=O) groups excluding carboxylic acids is 2. The van der Waals surface area contributed by atoms with E-state index in [4.69, 9.17) is 46.4 Å². The van der Waals surface area contributed by atoms with Gasteiger partial charge in [-0.05, 0) is 16.8 Å². The first-order valence-electron chi connectivity index (χ1n) is 8.58. The van der Waals surface area contributed by atoms with Crippen molar-refractivity contribution in [1.82, 2.24) is 4.98 Å². The second-order valence-corrected chi connectivity index (χ2v) is 8.88. The highest BCUT2D eigenvalue weighted by atomic mass is 35.5. The summed E-state index contributed by atoms with van der Waals surface area (Å²) in [4.78, 5) is 31.4. The molecule has 0 saturated carbocycles. The number of rotatable bonds is 2. The molecule has 4 nitrogen and oxygen atoms in total. The van der Waals surface area contributed by atoms with Gasteiger partial charge >= 0.3 is 0 Å². The van der Waals surface area contributed by atoms with Crippen LogP contribution in [-0.2, 0) is 0 Å². The molecule has 1 aliphatic heterocycles. The molecule has 3 aromatic carbocycles. The highest BCUT2D eigenvalue weighted by Gasteiger charge is 2.43. The lowest BCUT2D eigenvalue weighted by Crippen LogP contribution is -2.29. The van der Waals surface area contributed by atoms with Crippen molar-refractivity contribution in [2.45, 2.75) is 0 Å². The fourth-order valence-corrected chi connectivity index (χ4v) is 5.21. The molecule has 0 atom stereocenters. The fraction of sp³-hybridized carbons (Fsp3) is 0. The summed E-state index contributed by atoms with van der Waals surface area (Å²) in [7, 11) is 0. The van der Waals surface area contributed by atoms with Gasteiger partial charge in [0.25, 0.3) is 11.8 Å². The van der Waals surface area contributed by atoms with Gasteiger partial charge in [0.1, 0.15) is 0 Å². The van der Waals surface area contributed by atoms with Gasteiger partial charge in [-0.3, -0.25) is 9.59 Å². The average Bonchev–Trinajstić information content (AvgIpc) is 3.32. The zero-order valence-corrected chi connectivity index (χ0v) is 18.6. The molecule has 0 unspecified atom stereocenters. The number of halogens is 4. The SMILES string of the molecule is O=C1c2c(Cl)c(Cl)c(Cl)c(Cl)c2C(=O)N1c1nc(-c2ccc3ccccc3c2)cs1. The third-order valence-corrected chi connectivity index (χ3v) is 7.46. The first kappa shape index (κ1) is 19.8. The Labute approximate surface area is 194 Å². The lowest BCUT2D eigenvalue weighted by atomic mass is 10.1. The van der Waals surface area contributed by atoms with Crippen LogP contribution in [0.3, 0.4) is 0 Å². The number of hydrogen-bond acceptors (Lipinski definition) is 4. The molecule has 9 heteroatoms. The van der Waals surface area contributed by atoms with Crippen molar-refractivity contribution in [2.75, 3.05) is 4.90 Å². The number of thiazole rings is 1. The predicted octanol–water partition coefficient (Wildman–Crippen LogP) is 7.38. The molecule has 0 fully saturated rings. The van der Waals surface area contributed by atoms with E-state index in [1.54, 1.807) is 5.38 Å². The summed E-state index contributed by atoms with van der Waals surface area (Å²) in [5, 5.41) is 3.82. The molecule has 30 heavy (non-hydrogen) atoms. The van der Waals surface area contributed by atoms with Crippen LogP contribution >= 0.6 is 57.7 Å². The molecule has 2 amide bonds. The van der Waals surface area contributed by atoms with Gasteiger partial charge in [-0.15, -0.1) is 11.3 Å². The van der Waals surface area contributed by atoms with Crippen LogP contribution in [-0.4, -0.2) is 16.8 Å². The van der Waals surface area contributed by atoms with Gasteiger partial charge in [-0.25, -0.2) is 9.88 Å². The fourth-order valence-electron chi connectivity index (χ4n) is 3.37. The van der Waals surface area contributed by atoms with Crippen molar-refractivity contribution in [3.63, 3.8) is 0 Å². The van der Waals surface area contributed by atoms with Crippen LogP contribution in [0.15, 0.2) is 47.8 Å². The summed E-state index contributed by atoms with van der Waals surface area (Å²) in [5.41, 5.74) is 1.38. The van der Waals surface area contributed by atoms with Crippen molar-refractivity contribution in [2.24, 2.45) is 0 Å². The second-order valence-electron chi connectivity index (χ2n) is 6.53. The first-order valence-corrected chi connectivity index (χ1v) is 11.0. The summed E-state index contributed by atoms with van der Waals surface area (Å²) in [5.74, 6) is -1.28. The monoisotopic (exact) mass is 492 g/mol. The van der Waals surface area contributed by atoms with Crippen molar-refractivity contribution in [3.05, 3.63) is 79.1 Å². The predicted molar refractivity (Wildman–Crippen MR) is 123 cm³/mol. The Morgan fingerprint density at radius 1 is 0.767 bits per heavy atom. The Bertz CT molecular complexity index is 1350. The van der Waals surface area contributed by atoms with E-state index >= 15 is 0 Å². The van der Waals surface area contributed by atoms with E-state index < -0.39 is 11.8 Å². The molecule has 5 rings (SSSR count). The van der Waals surface area contributed by atoms with Gasteiger partial charge in [0.05, 0.1) is 36.9 Å². The standard InChI is InChI=1S/C21H8Cl4N2O2S/c22-15-13-14(16(23)18(25)17(15)24)20(29)27(19(13)28)21-26-12(8-30-21)11-6-5-9-3-1-2-4-10(9)7-11/h1-8H. The van der Waals surface area contributed by atoms with Crippen molar-refractivity contribution < 1.29 is 9.59 Å². The molecule has 0 saturated heterocycles. The molecule has 0 aliphatic carbocycles. The highest BCUT2D eigenvalue weighted by molar-refractivity contribution is 7.14. The number of aromatic nitrogens is 1. The maximum absolute atomic E-state index is 13.0. The Kier molecular flexibility index (Phi) is 4.76. The Morgan fingerprint density at radius 2 is 1.37 bits per heavy atom. The van der Waals surface area contributed by atoms with E-state index in [2.05, 4.69) is 4.98 Å². The second kappa shape index (κ2) is 7.22. The zero-order valence-electron chi connectivity index (χ0n) is 14.7. The zero-order chi connectivity index (χ0) is 21.2. The number of benzene rings is 3. The van der Waals surface area contributed by atoms with Crippen LogP contribution in [0, 0.1) is 0 Å². The largest absolute Gasteiger partial charge is 0.269 e. The molecular weight excluding hydrogens is 486 g/mol. The third-order valence-electron chi connectivity index (χ3n) is 4.83. The molecule has 0 radical (unpaired) electrons. The van der Waals surface area contributed by atoms with Crippen LogP contribution < -0.4 is 4.90 Å². The van der Waals surface area contributed by atoms with Crippen molar-refractivity contribution in [1.29, 1.82) is 0 Å². The van der Waals surface area contributed by atoms with Gasteiger partial charge in [-0.2, -0.15) is 0 Å². The van der Waals surface area contributed by atoms with Crippen LogP contribution in [0.5, 0.6) is 0 Å². The van der Waals surface area contributed by atoms with E-state index in [0.29, 0.717) is 5.69 Å². The van der Waals surface area contributed by atoms with Crippen molar-refractivity contribution >= 4 is 85.5 Å². The number of amides is 2. The summed E-state index contributed by atoms with van der Waals surface area (Å²) >= 11 is 25.7. The molecule has 0 spiro atoms. The van der Waals surface area contributed by atoms with Crippen molar-refractivity contribution in [3.8, 4) is 11.3 Å². The molecule has 0 N–H and O–H groups in total. The van der Waals surface area contributed by atoms with E-state index in [-0.39, 0.29) is 36.3 Å². The molecule has 4 aromatic rings. The van der Waals surface area contributed by atoms with Crippen LogP contribution in [0.2, 0.25) is 20.1 Å². The summed E-state index contributed by atoms with van der Waals surface area (Å²) in [6.45, 7) is 0. The molecule has 1 aliphatic rings. The van der Waals surface area contributed by atoms with E-state index in [0.717, 1.165) is 21.2 Å². The lowest BCUT2D eigenvalue weighted by molar-refractivity contribution is 0.0926. The van der Waals surface area contributed by atoms with Crippen LogP contribution in [0.4, 0.5) is 5.13 Å². The summed E-state index contributed by atoms with van der Waals surface area (Å²) in [6, 6.07) is 13.9. The van der Waals surface area contributed by atoms with Gasteiger partial charge in [0.2, 0.25) is 0 Å². The highest BCUT2D eigenvalue weighted by Crippen LogP contribution is 2.46. The average molecular weight is 494 g/mol. The Morgan fingerprint density at radius 3 is 2.00 bits per heavy atom. The van der Waals surface area contributed by atoms with E-state index in [1.165, 1.54) is 11.3 Å². The maximum Gasteiger partial charge on any atom is 0.269 e. The van der Waals surface area contributed by atoms with Gasteiger partial charge in [0.15, 0.2) is 5.13 Å². The Hall–Kier alpha value is -2.15. The van der Waals surface area contributed by atoms with E-state index in [1.807, 2.05) is 42.5 Å². The minimum atomic E-state index is -0.639. The normalized spacial score (nSPS) is 13.4. The van der Waals surface area contributed by atoms with Crippen LogP contribution in [0.25, 0.3) is 22.0 Å². The van der Waals surface area contributed by atoms with Crippen LogP contribution in [0.1, 0.15) is 20.7 Å². The maximum atomic E-state index is 13.0. The number of carbonyl (C=O) groups is 2. The number of imide groups is 1. The smallest absolute Gasteiger partial charge is 0.268 e. The molecule has 1 aromatic heterocycles. The van der Waals surface area contributed by atoms with E-state index in [9.17, 15) is 9.59 Å². The third kappa shape index (κ3) is 2.85. The minimum Gasteiger partial charge on any atom is -0.268 e. The number of fused-ring (bicyclic) bond motifs is 2. The van der Waals surface area contributed by atoms with Gasteiger partial charge in [0, 0.05) is 10.9 Å². The number of anilines is 1. The molecule has 0 bridgehead atoms. The van der Waals surface area contributed by atoms with Gasteiger partial charge < -0.3 is 0 Å². The minimum absolute atomic E-state index is 0.0662. The topological polar surface area (TPSA) is 50.3 Å². The summed E-state index contributed by atoms with van der Waals surface area (Å²) in [6.07, 6.45) is 0. The quantitative estimate of drug-likeness (QED) is 0.166. The molecule has 148 valence electrons. The molecule has 2 heterocycles. The van der Waals surface area contributed by atoms with Gasteiger partial charge in [-0.1, -0.05) is 82.8 Å². The number of hydrogen-bond donors (Lipinski definition) is 0. The number of nitrogens with zero attached hydrogens (tertiary/aromatic N) is 2. The Balaban J connectivity index is 1.58. The first-order chi connectivity index (χ1) is 14.4.